The maximum atomic E-state index is 5.43. The molecule has 1 N–H and O–H groups in total. The van der Waals surface area contributed by atoms with Gasteiger partial charge in [0, 0.05) is 25.2 Å². The molecule has 2 aliphatic heterocycles. The van der Waals surface area contributed by atoms with Crippen molar-refractivity contribution in [2.75, 3.05) is 31.1 Å². The summed E-state index contributed by atoms with van der Waals surface area (Å²) in [6.45, 7) is 5.94. The van der Waals surface area contributed by atoms with Crippen molar-refractivity contribution in [3.05, 3.63) is 12.4 Å². The zero-order chi connectivity index (χ0) is 12.4. The van der Waals surface area contributed by atoms with Gasteiger partial charge in [-0.1, -0.05) is 0 Å². The second-order valence-electron chi connectivity index (χ2n) is 4.99. The Hall–Kier alpha value is -1.36. The van der Waals surface area contributed by atoms with Crippen molar-refractivity contribution < 1.29 is 4.74 Å². The van der Waals surface area contributed by atoms with Crippen LogP contribution in [0.2, 0.25) is 0 Å². The number of aromatic nitrogens is 2. The predicted molar refractivity (Wildman–Crippen MR) is 69.9 cm³/mol. The van der Waals surface area contributed by atoms with Gasteiger partial charge in [0.25, 0.3) is 0 Å². The van der Waals surface area contributed by atoms with Crippen molar-refractivity contribution in [2.24, 2.45) is 5.92 Å². The standard InChI is InChI=1S/C13H20N4O/c1-2-18-13-7-12(15-9-16-13)17-6-4-11-10(8-17)3-5-14-11/h7,9-11,14H,2-6,8H2,1H3. The summed E-state index contributed by atoms with van der Waals surface area (Å²) >= 11 is 0. The zero-order valence-corrected chi connectivity index (χ0v) is 10.8. The van der Waals surface area contributed by atoms with Crippen LogP contribution in [-0.2, 0) is 0 Å². The SMILES string of the molecule is CCOc1cc(N2CCC3NCCC3C2)ncn1. The molecule has 18 heavy (non-hydrogen) atoms. The van der Waals surface area contributed by atoms with E-state index < -0.39 is 0 Å². The highest BCUT2D eigenvalue weighted by Crippen LogP contribution is 2.28. The minimum absolute atomic E-state index is 0.644. The summed E-state index contributed by atoms with van der Waals surface area (Å²) in [6.07, 6.45) is 4.09. The number of nitrogens with zero attached hydrogens (tertiary/aromatic N) is 3. The van der Waals surface area contributed by atoms with Gasteiger partial charge >= 0.3 is 0 Å². The van der Waals surface area contributed by atoms with E-state index in [0.29, 0.717) is 12.5 Å². The van der Waals surface area contributed by atoms with Crippen LogP contribution in [0, 0.1) is 5.92 Å². The molecule has 3 heterocycles. The van der Waals surface area contributed by atoms with Crippen molar-refractivity contribution >= 4 is 5.82 Å². The summed E-state index contributed by atoms with van der Waals surface area (Å²) < 4.78 is 5.43. The Balaban J connectivity index is 1.72. The number of rotatable bonds is 3. The fourth-order valence-electron chi connectivity index (χ4n) is 2.99. The Morgan fingerprint density at radius 1 is 1.44 bits per heavy atom. The highest BCUT2D eigenvalue weighted by Gasteiger charge is 2.33. The van der Waals surface area contributed by atoms with Gasteiger partial charge in [0.05, 0.1) is 6.61 Å². The Morgan fingerprint density at radius 3 is 3.28 bits per heavy atom. The lowest BCUT2D eigenvalue weighted by molar-refractivity contribution is 0.325. The molecule has 3 rings (SSSR count). The average Bonchev–Trinajstić information content (AvgIpc) is 2.86. The molecule has 5 heteroatoms. The van der Waals surface area contributed by atoms with Crippen LogP contribution < -0.4 is 15.0 Å². The lowest BCUT2D eigenvalue weighted by atomic mass is 9.93. The van der Waals surface area contributed by atoms with Crippen molar-refractivity contribution in [3.8, 4) is 5.88 Å². The number of hydrogen-bond donors (Lipinski definition) is 1. The summed E-state index contributed by atoms with van der Waals surface area (Å²) in [7, 11) is 0. The van der Waals surface area contributed by atoms with Gasteiger partial charge in [-0.2, -0.15) is 0 Å². The molecule has 0 aromatic carbocycles. The Kier molecular flexibility index (Phi) is 3.32. The minimum Gasteiger partial charge on any atom is -0.478 e. The molecule has 0 spiro atoms. The average molecular weight is 248 g/mol. The molecule has 2 atom stereocenters. The van der Waals surface area contributed by atoms with Crippen LogP contribution in [-0.4, -0.2) is 42.3 Å². The molecule has 1 aromatic heterocycles. The van der Waals surface area contributed by atoms with Gasteiger partial charge in [-0.3, -0.25) is 0 Å². The molecule has 0 amide bonds. The third kappa shape index (κ3) is 2.27. The fourth-order valence-corrected chi connectivity index (χ4v) is 2.99. The van der Waals surface area contributed by atoms with Crippen LogP contribution in [0.1, 0.15) is 19.8 Å². The van der Waals surface area contributed by atoms with Crippen LogP contribution in [0.15, 0.2) is 12.4 Å². The quantitative estimate of drug-likeness (QED) is 0.867. The van der Waals surface area contributed by atoms with Crippen LogP contribution in [0.25, 0.3) is 0 Å². The Labute approximate surface area is 108 Å². The van der Waals surface area contributed by atoms with Crippen molar-refractivity contribution in [3.63, 3.8) is 0 Å². The monoisotopic (exact) mass is 248 g/mol. The lowest BCUT2D eigenvalue weighted by Gasteiger charge is -2.35. The van der Waals surface area contributed by atoms with Gasteiger partial charge in [-0.25, -0.2) is 9.97 Å². The van der Waals surface area contributed by atoms with E-state index in [1.807, 2.05) is 13.0 Å². The molecule has 2 saturated heterocycles. The number of ether oxygens (including phenoxy) is 1. The third-order valence-corrected chi connectivity index (χ3v) is 3.90. The van der Waals surface area contributed by atoms with E-state index in [0.717, 1.165) is 37.4 Å². The van der Waals surface area contributed by atoms with E-state index in [9.17, 15) is 0 Å². The summed E-state index contributed by atoms with van der Waals surface area (Å²) in [5.74, 6) is 2.44. The number of fused-ring (bicyclic) bond motifs is 1. The third-order valence-electron chi connectivity index (χ3n) is 3.90. The first kappa shape index (κ1) is 11.7. The first-order valence-electron chi connectivity index (χ1n) is 6.80. The highest BCUT2D eigenvalue weighted by molar-refractivity contribution is 5.41. The maximum Gasteiger partial charge on any atom is 0.218 e. The van der Waals surface area contributed by atoms with Crippen molar-refractivity contribution in [1.29, 1.82) is 0 Å². The van der Waals surface area contributed by atoms with E-state index in [1.54, 1.807) is 6.33 Å². The molecular formula is C13H20N4O. The van der Waals surface area contributed by atoms with E-state index in [2.05, 4.69) is 20.2 Å². The molecule has 2 fully saturated rings. The van der Waals surface area contributed by atoms with Crippen LogP contribution in [0.3, 0.4) is 0 Å². The van der Waals surface area contributed by atoms with E-state index in [1.165, 1.54) is 12.8 Å². The molecule has 0 radical (unpaired) electrons. The largest absolute Gasteiger partial charge is 0.478 e. The summed E-state index contributed by atoms with van der Waals surface area (Å²) in [6, 6.07) is 2.67. The van der Waals surface area contributed by atoms with E-state index >= 15 is 0 Å². The number of hydrogen-bond acceptors (Lipinski definition) is 5. The number of piperidine rings is 1. The lowest BCUT2D eigenvalue weighted by Crippen LogP contribution is -2.44. The zero-order valence-electron chi connectivity index (χ0n) is 10.8. The predicted octanol–water partition coefficient (Wildman–Crippen LogP) is 1.06. The highest BCUT2D eigenvalue weighted by atomic mass is 16.5. The Morgan fingerprint density at radius 2 is 2.39 bits per heavy atom. The molecule has 0 bridgehead atoms. The van der Waals surface area contributed by atoms with E-state index in [4.69, 9.17) is 4.74 Å². The van der Waals surface area contributed by atoms with E-state index in [-0.39, 0.29) is 0 Å². The smallest absolute Gasteiger partial charge is 0.218 e. The molecule has 98 valence electrons. The van der Waals surface area contributed by atoms with Gasteiger partial charge < -0.3 is 15.0 Å². The normalized spacial score (nSPS) is 27.1. The van der Waals surface area contributed by atoms with Gasteiger partial charge in [-0.15, -0.1) is 0 Å². The maximum absolute atomic E-state index is 5.43. The van der Waals surface area contributed by atoms with Gasteiger partial charge in [-0.05, 0) is 32.2 Å². The molecule has 2 aliphatic rings. The molecule has 0 saturated carbocycles. The summed E-state index contributed by atoms with van der Waals surface area (Å²) in [5.41, 5.74) is 0. The molecule has 1 aromatic rings. The molecule has 0 aliphatic carbocycles. The Bertz CT molecular complexity index is 412. The van der Waals surface area contributed by atoms with Gasteiger partial charge in [0.15, 0.2) is 0 Å². The van der Waals surface area contributed by atoms with Crippen LogP contribution in [0.4, 0.5) is 5.82 Å². The summed E-state index contributed by atoms with van der Waals surface area (Å²) in [5, 5.41) is 3.58. The molecule has 5 nitrogen and oxygen atoms in total. The van der Waals surface area contributed by atoms with Crippen LogP contribution in [0.5, 0.6) is 5.88 Å². The fraction of sp³-hybridized carbons (Fsp3) is 0.692. The second kappa shape index (κ2) is 5.10. The molecular weight excluding hydrogens is 228 g/mol. The van der Waals surface area contributed by atoms with Gasteiger partial charge in [0.1, 0.15) is 12.1 Å². The van der Waals surface area contributed by atoms with Crippen LogP contribution >= 0.6 is 0 Å². The second-order valence-corrected chi connectivity index (χ2v) is 4.99. The number of nitrogens with one attached hydrogen (secondary N) is 1. The molecule has 2 unspecified atom stereocenters. The topological polar surface area (TPSA) is 50.3 Å². The minimum atomic E-state index is 0.644. The van der Waals surface area contributed by atoms with Crippen molar-refractivity contribution in [1.82, 2.24) is 15.3 Å². The first-order valence-corrected chi connectivity index (χ1v) is 6.80. The van der Waals surface area contributed by atoms with Gasteiger partial charge in [0.2, 0.25) is 5.88 Å². The first-order chi connectivity index (χ1) is 8.86. The summed E-state index contributed by atoms with van der Waals surface area (Å²) in [4.78, 5) is 10.9. The number of anilines is 1. The van der Waals surface area contributed by atoms with Crippen molar-refractivity contribution in [2.45, 2.75) is 25.8 Å².